The Morgan fingerprint density at radius 2 is 1.67 bits per heavy atom. The molecule has 0 heterocycles. The first-order valence-electron chi connectivity index (χ1n) is 8.38. The van der Waals surface area contributed by atoms with Crippen LogP contribution < -0.4 is 0 Å². The molecular weight excluding hydrogens is 258 g/mol. The quantitative estimate of drug-likeness (QED) is 0.746. The van der Waals surface area contributed by atoms with Crippen LogP contribution in [0.4, 0.5) is 0 Å². The van der Waals surface area contributed by atoms with Crippen molar-refractivity contribution in [3.63, 3.8) is 0 Å². The maximum Gasteiger partial charge on any atom is 0.177 e. The number of rotatable bonds is 5. The summed E-state index contributed by atoms with van der Waals surface area (Å²) in [5.74, 6) is 0.281. The van der Waals surface area contributed by atoms with Crippen LogP contribution in [0.5, 0.6) is 0 Å². The Hall–Kier alpha value is -1.15. The SMILES string of the molecule is CCN(CC(=O)c1cc(C)c(C)cc1C)C1CCCCC1. The van der Waals surface area contributed by atoms with Gasteiger partial charge in [-0.1, -0.05) is 32.3 Å². The van der Waals surface area contributed by atoms with E-state index in [1.54, 1.807) is 0 Å². The van der Waals surface area contributed by atoms with E-state index in [2.05, 4.69) is 44.7 Å². The van der Waals surface area contributed by atoms with Crippen molar-refractivity contribution in [1.82, 2.24) is 4.90 Å². The van der Waals surface area contributed by atoms with E-state index in [9.17, 15) is 4.79 Å². The molecule has 21 heavy (non-hydrogen) atoms. The fourth-order valence-electron chi connectivity index (χ4n) is 3.48. The molecule has 0 saturated heterocycles. The molecule has 0 spiro atoms. The van der Waals surface area contributed by atoms with Gasteiger partial charge >= 0.3 is 0 Å². The number of nitrogens with zero attached hydrogens (tertiary/aromatic N) is 1. The van der Waals surface area contributed by atoms with Gasteiger partial charge in [-0.2, -0.15) is 0 Å². The van der Waals surface area contributed by atoms with Gasteiger partial charge in [-0.05, 0) is 62.9 Å². The van der Waals surface area contributed by atoms with E-state index in [0.29, 0.717) is 12.6 Å². The predicted octanol–water partition coefficient (Wildman–Crippen LogP) is 4.45. The topological polar surface area (TPSA) is 20.3 Å². The van der Waals surface area contributed by atoms with Crippen molar-refractivity contribution in [2.45, 2.75) is 65.8 Å². The van der Waals surface area contributed by atoms with Crippen molar-refractivity contribution >= 4 is 5.78 Å². The van der Waals surface area contributed by atoms with E-state index in [1.165, 1.54) is 43.2 Å². The maximum absolute atomic E-state index is 12.7. The van der Waals surface area contributed by atoms with E-state index in [1.807, 2.05) is 0 Å². The van der Waals surface area contributed by atoms with Crippen LogP contribution in [0, 0.1) is 20.8 Å². The Morgan fingerprint density at radius 1 is 1.05 bits per heavy atom. The molecule has 1 aliphatic carbocycles. The Kier molecular flexibility index (Phi) is 5.58. The second-order valence-corrected chi connectivity index (χ2v) is 6.53. The predicted molar refractivity (Wildman–Crippen MR) is 89.1 cm³/mol. The molecule has 2 rings (SSSR count). The second-order valence-electron chi connectivity index (χ2n) is 6.53. The summed E-state index contributed by atoms with van der Waals surface area (Å²) in [4.78, 5) is 15.1. The lowest BCUT2D eigenvalue weighted by Gasteiger charge is -2.33. The highest BCUT2D eigenvalue weighted by Gasteiger charge is 2.22. The third-order valence-electron chi connectivity index (χ3n) is 4.99. The van der Waals surface area contributed by atoms with Crippen LogP contribution in [0.25, 0.3) is 0 Å². The molecule has 1 fully saturated rings. The molecule has 2 heteroatoms. The normalized spacial score (nSPS) is 16.4. The van der Waals surface area contributed by atoms with Gasteiger partial charge in [-0.3, -0.25) is 9.69 Å². The largest absolute Gasteiger partial charge is 0.293 e. The van der Waals surface area contributed by atoms with Crippen LogP contribution in [0.15, 0.2) is 12.1 Å². The molecule has 0 unspecified atom stereocenters. The number of aryl methyl sites for hydroxylation is 3. The van der Waals surface area contributed by atoms with E-state index in [-0.39, 0.29) is 5.78 Å². The fraction of sp³-hybridized carbons (Fsp3) is 0.632. The Bertz CT molecular complexity index is 501. The summed E-state index contributed by atoms with van der Waals surface area (Å²) in [6, 6.07) is 4.82. The number of carbonyl (C=O) groups excluding carboxylic acids is 1. The van der Waals surface area contributed by atoms with Crippen LogP contribution in [0.1, 0.15) is 66.1 Å². The van der Waals surface area contributed by atoms with Gasteiger partial charge in [-0.25, -0.2) is 0 Å². The van der Waals surface area contributed by atoms with Crippen molar-refractivity contribution in [2.75, 3.05) is 13.1 Å². The van der Waals surface area contributed by atoms with Gasteiger partial charge in [-0.15, -0.1) is 0 Å². The second kappa shape index (κ2) is 7.22. The molecule has 0 radical (unpaired) electrons. The zero-order chi connectivity index (χ0) is 15.4. The van der Waals surface area contributed by atoms with Gasteiger partial charge in [0.2, 0.25) is 0 Å². The van der Waals surface area contributed by atoms with Gasteiger partial charge < -0.3 is 0 Å². The summed E-state index contributed by atoms with van der Waals surface area (Å²) in [7, 11) is 0. The van der Waals surface area contributed by atoms with Gasteiger partial charge in [0.15, 0.2) is 5.78 Å². The monoisotopic (exact) mass is 287 g/mol. The number of ketones is 1. The van der Waals surface area contributed by atoms with E-state index >= 15 is 0 Å². The van der Waals surface area contributed by atoms with Gasteiger partial charge in [0.05, 0.1) is 6.54 Å². The van der Waals surface area contributed by atoms with E-state index in [0.717, 1.165) is 17.7 Å². The van der Waals surface area contributed by atoms with E-state index < -0.39 is 0 Å². The van der Waals surface area contributed by atoms with Crippen molar-refractivity contribution in [1.29, 1.82) is 0 Å². The molecule has 0 bridgehead atoms. The average molecular weight is 287 g/mol. The van der Waals surface area contributed by atoms with Crippen molar-refractivity contribution in [3.8, 4) is 0 Å². The first-order valence-corrected chi connectivity index (χ1v) is 8.38. The van der Waals surface area contributed by atoms with Crippen LogP contribution in [-0.2, 0) is 0 Å². The molecule has 2 nitrogen and oxygen atoms in total. The van der Waals surface area contributed by atoms with Crippen molar-refractivity contribution < 1.29 is 4.79 Å². The molecule has 116 valence electrons. The Labute approximate surface area is 129 Å². The van der Waals surface area contributed by atoms with E-state index in [4.69, 9.17) is 0 Å². The molecule has 1 aromatic rings. The molecular formula is C19H29NO. The third-order valence-corrected chi connectivity index (χ3v) is 4.99. The van der Waals surface area contributed by atoms with Gasteiger partial charge in [0.25, 0.3) is 0 Å². The standard InChI is InChI=1S/C19H29NO/c1-5-20(17-9-7-6-8-10-17)13-19(21)18-12-15(3)14(2)11-16(18)4/h11-12,17H,5-10,13H2,1-4H3. The van der Waals surface area contributed by atoms with Crippen molar-refractivity contribution in [2.24, 2.45) is 0 Å². The minimum absolute atomic E-state index is 0.281. The lowest BCUT2D eigenvalue weighted by Crippen LogP contribution is -2.40. The van der Waals surface area contributed by atoms with Crippen LogP contribution in [0.2, 0.25) is 0 Å². The Morgan fingerprint density at radius 3 is 2.29 bits per heavy atom. The van der Waals surface area contributed by atoms with Crippen molar-refractivity contribution in [3.05, 3.63) is 34.4 Å². The average Bonchev–Trinajstić information content (AvgIpc) is 2.49. The fourth-order valence-corrected chi connectivity index (χ4v) is 3.48. The van der Waals surface area contributed by atoms with Crippen LogP contribution in [0.3, 0.4) is 0 Å². The molecule has 1 aliphatic rings. The zero-order valence-electron chi connectivity index (χ0n) is 14.0. The molecule has 0 atom stereocenters. The molecule has 0 N–H and O–H groups in total. The first kappa shape index (κ1) is 16.2. The van der Waals surface area contributed by atoms with Crippen LogP contribution in [-0.4, -0.2) is 29.8 Å². The highest BCUT2D eigenvalue weighted by molar-refractivity contribution is 5.99. The Balaban J connectivity index is 2.10. The number of Topliss-reactive ketones (excluding diaryl/α,β-unsaturated/α-hetero) is 1. The summed E-state index contributed by atoms with van der Waals surface area (Å²) in [6.07, 6.45) is 6.51. The zero-order valence-corrected chi connectivity index (χ0v) is 14.0. The summed E-state index contributed by atoms with van der Waals surface area (Å²) in [5, 5.41) is 0. The summed E-state index contributed by atoms with van der Waals surface area (Å²) in [5.41, 5.74) is 4.50. The first-order chi connectivity index (χ1) is 10.0. The minimum atomic E-state index is 0.281. The summed E-state index contributed by atoms with van der Waals surface area (Å²) >= 11 is 0. The highest BCUT2D eigenvalue weighted by atomic mass is 16.1. The molecule has 0 amide bonds. The minimum Gasteiger partial charge on any atom is -0.293 e. The third kappa shape index (κ3) is 3.94. The molecule has 1 aromatic carbocycles. The molecule has 1 saturated carbocycles. The number of benzene rings is 1. The maximum atomic E-state index is 12.7. The number of carbonyl (C=O) groups is 1. The van der Waals surface area contributed by atoms with Gasteiger partial charge in [0.1, 0.15) is 0 Å². The number of hydrogen-bond acceptors (Lipinski definition) is 2. The van der Waals surface area contributed by atoms with Crippen LogP contribution >= 0.6 is 0 Å². The lowest BCUT2D eigenvalue weighted by atomic mass is 9.93. The van der Waals surface area contributed by atoms with Gasteiger partial charge in [0, 0.05) is 11.6 Å². The highest BCUT2D eigenvalue weighted by Crippen LogP contribution is 2.23. The number of hydrogen-bond donors (Lipinski definition) is 0. The summed E-state index contributed by atoms with van der Waals surface area (Å²) < 4.78 is 0. The number of likely N-dealkylation sites (N-methyl/N-ethyl adjacent to an activating group) is 1. The molecule has 0 aliphatic heterocycles. The summed E-state index contributed by atoms with van der Waals surface area (Å²) in [6.45, 7) is 9.97. The smallest absolute Gasteiger partial charge is 0.177 e. The lowest BCUT2D eigenvalue weighted by molar-refractivity contribution is 0.0868. The molecule has 0 aromatic heterocycles.